The van der Waals surface area contributed by atoms with Crippen LogP contribution >= 0.6 is 15.9 Å². The number of pyridine rings is 1. The van der Waals surface area contributed by atoms with E-state index in [1.807, 2.05) is 0 Å². The fourth-order valence-corrected chi connectivity index (χ4v) is 0.906. The Bertz CT molecular complexity index is 264. The van der Waals surface area contributed by atoms with E-state index in [2.05, 4.69) is 20.9 Å². The summed E-state index contributed by atoms with van der Waals surface area (Å²) in [5.74, 6) is -0.600. The second-order valence-electron chi connectivity index (χ2n) is 1.63. The van der Waals surface area contributed by atoms with Crippen LogP contribution in [0.15, 0.2) is 16.7 Å². The molecule has 0 spiro atoms. The summed E-state index contributed by atoms with van der Waals surface area (Å²) in [6.07, 6.45) is 0.608. The first kappa shape index (κ1) is 7.34. The highest BCUT2D eigenvalue weighted by Gasteiger charge is 1.99. The summed E-state index contributed by atoms with van der Waals surface area (Å²) in [6, 6.07) is 2.49. The van der Waals surface area contributed by atoms with E-state index in [1.165, 1.54) is 6.07 Å². The van der Waals surface area contributed by atoms with Crippen molar-refractivity contribution in [3.63, 3.8) is 0 Å². The molecule has 10 heavy (non-hydrogen) atoms. The van der Waals surface area contributed by atoms with E-state index in [0.29, 0.717) is 11.8 Å². The van der Waals surface area contributed by atoms with E-state index in [9.17, 15) is 9.18 Å². The molecular weight excluding hydrogens is 201 g/mol. The Morgan fingerprint density at radius 1 is 1.60 bits per heavy atom. The first-order chi connectivity index (χ1) is 4.74. The molecule has 4 heteroatoms. The second kappa shape index (κ2) is 2.88. The largest absolute Gasteiger partial charge is 0.298 e. The minimum Gasteiger partial charge on any atom is -0.298 e. The van der Waals surface area contributed by atoms with Gasteiger partial charge >= 0.3 is 0 Å². The second-order valence-corrected chi connectivity index (χ2v) is 2.38. The lowest BCUT2D eigenvalue weighted by Crippen LogP contribution is -1.88. The number of carbonyl (C=O) groups excluding carboxylic acids is 1. The number of aldehydes is 1. The van der Waals surface area contributed by atoms with Crippen LogP contribution < -0.4 is 0 Å². The summed E-state index contributed by atoms with van der Waals surface area (Å²) in [5.41, 5.74) is 0.349. The van der Waals surface area contributed by atoms with Crippen LogP contribution in [0.4, 0.5) is 4.39 Å². The SMILES string of the molecule is O=Cc1ccc(F)nc1Br. The highest BCUT2D eigenvalue weighted by molar-refractivity contribution is 9.10. The Labute approximate surface area is 65.2 Å². The third-order valence-corrected chi connectivity index (χ3v) is 1.61. The quantitative estimate of drug-likeness (QED) is 0.515. The number of hydrogen-bond donors (Lipinski definition) is 0. The summed E-state index contributed by atoms with van der Waals surface area (Å²) < 4.78 is 12.5. The fourth-order valence-electron chi connectivity index (χ4n) is 0.511. The molecule has 0 amide bonds. The van der Waals surface area contributed by atoms with Crippen molar-refractivity contribution in [2.45, 2.75) is 0 Å². The maximum Gasteiger partial charge on any atom is 0.213 e. The lowest BCUT2D eigenvalue weighted by atomic mass is 10.3. The van der Waals surface area contributed by atoms with Gasteiger partial charge in [0.25, 0.3) is 0 Å². The van der Waals surface area contributed by atoms with E-state index >= 15 is 0 Å². The van der Waals surface area contributed by atoms with Crippen molar-refractivity contribution in [2.75, 3.05) is 0 Å². The van der Waals surface area contributed by atoms with Crippen LogP contribution in [0.3, 0.4) is 0 Å². The molecule has 0 N–H and O–H groups in total. The number of hydrogen-bond acceptors (Lipinski definition) is 2. The van der Waals surface area contributed by atoms with E-state index < -0.39 is 5.95 Å². The van der Waals surface area contributed by atoms with Crippen molar-refractivity contribution >= 4 is 22.2 Å². The summed E-state index contributed by atoms with van der Waals surface area (Å²) in [7, 11) is 0. The van der Waals surface area contributed by atoms with Crippen LogP contribution in [-0.2, 0) is 0 Å². The zero-order chi connectivity index (χ0) is 7.56. The molecule has 0 aliphatic rings. The molecule has 1 aromatic rings. The van der Waals surface area contributed by atoms with Gasteiger partial charge in [-0.3, -0.25) is 4.79 Å². The van der Waals surface area contributed by atoms with Crippen molar-refractivity contribution in [2.24, 2.45) is 0 Å². The molecule has 0 atom stereocenters. The summed E-state index contributed by atoms with van der Waals surface area (Å²) in [6.45, 7) is 0. The number of halogens is 2. The van der Waals surface area contributed by atoms with Crippen LogP contribution in [0.5, 0.6) is 0 Å². The zero-order valence-electron chi connectivity index (χ0n) is 4.84. The van der Waals surface area contributed by atoms with Gasteiger partial charge in [0.1, 0.15) is 4.60 Å². The van der Waals surface area contributed by atoms with Gasteiger partial charge in [-0.05, 0) is 28.1 Å². The van der Waals surface area contributed by atoms with Gasteiger partial charge < -0.3 is 0 Å². The van der Waals surface area contributed by atoms with Gasteiger partial charge in [-0.25, -0.2) is 4.98 Å². The normalized spacial score (nSPS) is 9.40. The standard InChI is InChI=1S/C6H3BrFNO/c7-6-4(3-10)1-2-5(8)9-6/h1-3H. The monoisotopic (exact) mass is 203 g/mol. The molecule has 0 aromatic carbocycles. The molecule has 2 nitrogen and oxygen atoms in total. The van der Waals surface area contributed by atoms with Crippen LogP contribution in [0, 0.1) is 5.95 Å². The van der Waals surface area contributed by atoms with Gasteiger partial charge in [0.2, 0.25) is 5.95 Å². The maximum atomic E-state index is 12.2. The molecule has 0 fully saturated rings. The summed E-state index contributed by atoms with van der Waals surface area (Å²) >= 11 is 2.92. The molecule has 0 saturated heterocycles. The molecule has 52 valence electrons. The van der Waals surface area contributed by atoms with E-state index in [-0.39, 0.29) is 4.60 Å². The number of nitrogens with zero attached hydrogens (tertiary/aromatic N) is 1. The minimum absolute atomic E-state index is 0.238. The summed E-state index contributed by atoms with van der Waals surface area (Å²) in [5, 5.41) is 0. The highest BCUT2D eigenvalue weighted by Crippen LogP contribution is 2.11. The van der Waals surface area contributed by atoms with Crippen molar-refractivity contribution < 1.29 is 9.18 Å². The number of rotatable bonds is 1. The highest BCUT2D eigenvalue weighted by atomic mass is 79.9. The zero-order valence-corrected chi connectivity index (χ0v) is 6.43. The van der Waals surface area contributed by atoms with Crippen LogP contribution in [0.1, 0.15) is 10.4 Å². The van der Waals surface area contributed by atoms with Crippen molar-refractivity contribution in [3.05, 3.63) is 28.2 Å². The van der Waals surface area contributed by atoms with Crippen molar-refractivity contribution in [3.8, 4) is 0 Å². The molecule has 0 bridgehead atoms. The Kier molecular flexibility index (Phi) is 2.11. The van der Waals surface area contributed by atoms with E-state index in [4.69, 9.17) is 0 Å². The number of carbonyl (C=O) groups is 1. The predicted molar refractivity (Wildman–Crippen MR) is 37.3 cm³/mol. The molecule has 0 radical (unpaired) electrons. The third-order valence-electron chi connectivity index (χ3n) is 0.971. The smallest absolute Gasteiger partial charge is 0.213 e. The van der Waals surface area contributed by atoms with Gasteiger partial charge in [-0.1, -0.05) is 0 Å². The van der Waals surface area contributed by atoms with Gasteiger partial charge in [-0.15, -0.1) is 0 Å². The summed E-state index contributed by atoms with van der Waals surface area (Å²) in [4.78, 5) is 13.5. The Morgan fingerprint density at radius 3 is 2.80 bits per heavy atom. The minimum atomic E-state index is -0.600. The van der Waals surface area contributed by atoms with E-state index in [0.717, 1.165) is 6.07 Å². The lowest BCUT2D eigenvalue weighted by Gasteiger charge is -1.92. The third kappa shape index (κ3) is 1.39. The molecule has 1 heterocycles. The van der Waals surface area contributed by atoms with Crippen molar-refractivity contribution in [1.82, 2.24) is 4.98 Å². The first-order valence-corrected chi connectivity index (χ1v) is 3.30. The van der Waals surface area contributed by atoms with Gasteiger partial charge in [0, 0.05) is 5.56 Å². The van der Waals surface area contributed by atoms with Crippen LogP contribution in [0.2, 0.25) is 0 Å². The predicted octanol–water partition coefficient (Wildman–Crippen LogP) is 1.80. The molecule has 0 aliphatic heterocycles. The van der Waals surface area contributed by atoms with Gasteiger partial charge in [0.15, 0.2) is 6.29 Å². The molecular formula is C6H3BrFNO. The Hall–Kier alpha value is -0.770. The topological polar surface area (TPSA) is 30.0 Å². The molecule has 0 aliphatic carbocycles. The van der Waals surface area contributed by atoms with E-state index in [1.54, 1.807) is 0 Å². The molecule has 1 aromatic heterocycles. The number of aromatic nitrogens is 1. The molecule has 1 rings (SSSR count). The molecule has 0 unspecified atom stereocenters. The fraction of sp³-hybridized carbons (Fsp3) is 0. The average Bonchev–Trinajstić information content (AvgIpc) is 1.88. The Morgan fingerprint density at radius 2 is 2.30 bits per heavy atom. The molecule has 0 saturated carbocycles. The van der Waals surface area contributed by atoms with Gasteiger partial charge in [-0.2, -0.15) is 4.39 Å². The average molecular weight is 204 g/mol. The van der Waals surface area contributed by atoms with Crippen molar-refractivity contribution in [1.29, 1.82) is 0 Å². The Balaban J connectivity index is 3.19. The van der Waals surface area contributed by atoms with Crippen LogP contribution in [-0.4, -0.2) is 11.3 Å². The van der Waals surface area contributed by atoms with Crippen LogP contribution in [0.25, 0.3) is 0 Å². The lowest BCUT2D eigenvalue weighted by molar-refractivity contribution is 0.112. The first-order valence-electron chi connectivity index (χ1n) is 2.51. The van der Waals surface area contributed by atoms with Gasteiger partial charge in [0.05, 0.1) is 0 Å². The maximum absolute atomic E-state index is 12.2.